The maximum atomic E-state index is 5.84. The zero-order valence-corrected chi connectivity index (χ0v) is 8.03. The Kier molecular flexibility index (Phi) is 2.51. The molecule has 13 heavy (non-hydrogen) atoms. The van der Waals surface area contributed by atoms with E-state index in [1.807, 2.05) is 0 Å². The average molecular weight is 180 g/mol. The second-order valence-electron chi connectivity index (χ2n) is 3.70. The van der Waals surface area contributed by atoms with Gasteiger partial charge in [0.2, 0.25) is 0 Å². The monoisotopic (exact) mass is 180 g/mol. The lowest BCUT2D eigenvalue weighted by Gasteiger charge is -2.38. The third kappa shape index (κ3) is 1.69. The molecule has 0 saturated carbocycles. The molecule has 0 aliphatic carbocycles. The molecule has 2 heterocycles. The molecule has 2 aliphatic heterocycles. The topological polar surface area (TPSA) is 18.5 Å². The SMILES string of the molecule is C[C@H]1OCC=CCC12CC=CCO2. The van der Waals surface area contributed by atoms with E-state index in [4.69, 9.17) is 9.47 Å². The van der Waals surface area contributed by atoms with Crippen LogP contribution in [-0.4, -0.2) is 24.9 Å². The van der Waals surface area contributed by atoms with Crippen molar-refractivity contribution in [3.05, 3.63) is 24.3 Å². The molecule has 2 aliphatic rings. The van der Waals surface area contributed by atoms with Crippen molar-refractivity contribution in [1.82, 2.24) is 0 Å². The molecule has 2 heteroatoms. The molecule has 0 radical (unpaired) electrons. The minimum Gasteiger partial charge on any atom is -0.371 e. The van der Waals surface area contributed by atoms with Gasteiger partial charge >= 0.3 is 0 Å². The molecule has 0 aromatic carbocycles. The molecular weight excluding hydrogens is 164 g/mol. The molecule has 1 unspecified atom stereocenters. The molecule has 1 spiro atoms. The summed E-state index contributed by atoms with van der Waals surface area (Å²) in [5, 5.41) is 0. The Balaban J connectivity index is 2.16. The molecule has 0 saturated heterocycles. The van der Waals surface area contributed by atoms with Gasteiger partial charge < -0.3 is 9.47 Å². The van der Waals surface area contributed by atoms with E-state index in [1.54, 1.807) is 0 Å². The van der Waals surface area contributed by atoms with Crippen molar-refractivity contribution in [2.75, 3.05) is 13.2 Å². The molecule has 0 aromatic heterocycles. The van der Waals surface area contributed by atoms with E-state index < -0.39 is 0 Å². The van der Waals surface area contributed by atoms with E-state index in [9.17, 15) is 0 Å². The zero-order valence-electron chi connectivity index (χ0n) is 8.03. The first kappa shape index (κ1) is 8.97. The van der Waals surface area contributed by atoms with Gasteiger partial charge in [-0.05, 0) is 19.8 Å². The van der Waals surface area contributed by atoms with Crippen molar-refractivity contribution < 1.29 is 9.47 Å². The Morgan fingerprint density at radius 3 is 2.46 bits per heavy atom. The standard InChI is InChI=1S/C11H16O2/c1-10-11(6-2-4-8-12-10)7-3-5-9-13-11/h2-5,10H,6-9H2,1H3/t10-,11?/m1/s1. The Labute approximate surface area is 79.2 Å². The van der Waals surface area contributed by atoms with Gasteiger partial charge in [-0.15, -0.1) is 0 Å². The van der Waals surface area contributed by atoms with Crippen LogP contribution in [0.3, 0.4) is 0 Å². The summed E-state index contributed by atoms with van der Waals surface area (Å²) in [7, 11) is 0. The van der Waals surface area contributed by atoms with Gasteiger partial charge in [0.1, 0.15) is 5.60 Å². The van der Waals surface area contributed by atoms with Crippen LogP contribution in [0.4, 0.5) is 0 Å². The van der Waals surface area contributed by atoms with E-state index in [2.05, 4.69) is 31.2 Å². The summed E-state index contributed by atoms with van der Waals surface area (Å²) in [6.45, 7) is 3.55. The minimum absolute atomic E-state index is 0.0955. The highest BCUT2D eigenvalue weighted by molar-refractivity contribution is 5.06. The fourth-order valence-electron chi connectivity index (χ4n) is 1.92. The quantitative estimate of drug-likeness (QED) is 0.531. The molecule has 0 aromatic rings. The predicted octanol–water partition coefficient (Wildman–Crippen LogP) is 2.07. The highest BCUT2D eigenvalue weighted by Crippen LogP contribution is 2.32. The molecule has 2 rings (SSSR count). The third-order valence-electron chi connectivity index (χ3n) is 2.91. The van der Waals surface area contributed by atoms with Crippen molar-refractivity contribution in [3.8, 4) is 0 Å². The van der Waals surface area contributed by atoms with Gasteiger partial charge in [0.05, 0.1) is 19.3 Å². The fourth-order valence-corrected chi connectivity index (χ4v) is 1.92. The smallest absolute Gasteiger partial charge is 0.101 e. The fraction of sp³-hybridized carbons (Fsp3) is 0.636. The van der Waals surface area contributed by atoms with Gasteiger partial charge in [-0.25, -0.2) is 0 Å². The first-order valence-corrected chi connectivity index (χ1v) is 4.89. The van der Waals surface area contributed by atoms with Crippen LogP contribution < -0.4 is 0 Å². The van der Waals surface area contributed by atoms with Crippen LogP contribution in [-0.2, 0) is 9.47 Å². The van der Waals surface area contributed by atoms with Crippen molar-refractivity contribution in [2.24, 2.45) is 0 Å². The van der Waals surface area contributed by atoms with Crippen LogP contribution in [0, 0.1) is 0 Å². The van der Waals surface area contributed by atoms with Crippen LogP contribution in [0.1, 0.15) is 19.8 Å². The molecule has 0 fully saturated rings. The first-order valence-electron chi connectivity index (χ1n) is 4.89. The maximum absolute atomic E-state index is 5.84. The second-order valence-corrected chi connectivity index (χ2v) is 3.70. The number of hydrogen-bond donors (Lipinski definition) is 0. The van der Waals surface area contributed by atoms with Gasteiger partial charge in [0.15, 0.2) is 0 Å². The largest absolute Gasteiger partial charge is 0.371 e. The summed E-state index contributed by atoms with van der Waals surface area (Å²) >= 11 is 0. The average Bonchev–Trinajstić information content (AvgIpc) is 2.33. The summed E-state index contributed by atoms with van der Waals surface area (Å²) in [6, 6.07) is 0. The Hall–Kier alpha value is -0.600. The van der Waals surface area contributed by atoms with Crippen LogP contribution in [0.15, 0.2) is 24.3 Å². The van der Waals surface area contributed by atoms with E-state index in [0.29, 0.717) is 0 Å². The van der Waals surface area contributed by atoms with Gasteiger partial charge in [0.25, 0.3) is 0 Å². The molecule has 72 valence electrons. The van der Waals surface area contributed by atoms with E-state index in [1.165, 1.54) is 0 Å². The first-order chi connectivity index (χ1) is 6.33. The van der Waals surface area contributed by atoms with Crippen molar-refractivity contribution in [2.45, 2.75) is 31.5 Å². The highest BCUT2D eigenvalue weighted by Gasteiger charge is 2.37. The summed E-state index contributed by atoms with van der Waals surface area (Å²) in [5.41, 5.74) is -0.0955. The van der Waals surface area contributed by atoms with Crippen molar-refractivity contribution >= 4 is 0 Å². The zero-order chi connectivity index (χ0) is 9.15. The van der Waals surface area contributed by atoms with Gasteiger partial charge in [-0.3, -0.25) is 0 Å². The summed E-state index contributed by atoms with van der Waals surface area (Å²) < 4.78 is 11.5. The lowest BCUT2D eigenvalue weighted by atomic mass is 9.88. The molecule has 2 atom stereocenters. The van der Waals surface area contributed by atoms with Crippen molar-refractivity contribution in [3.63, 3.8) is 0 Å². The normalized spacial score (nSPS) is 39.3. The Bertz CT molecular complexity index is 232. The van der Waals surface area contributed by atoms with Gasteiger partial charge in [0, 0.05) is 0 Å². The minimum atomic E-state index is -0.0955. The van der Waals surface area contributed by atoms with Gasteiger partial charge in [-0.1, -0.05) is 24.3 Å². The Morgan fingerprint density at radius 2 is 1.77 bits per heavy atom. The lowest BCUT2D eigenvalue weighted by Crippen LogP contribution is -2.45. The van der Waals surface area contributed by atoms with Crippen LogP contribution in [0.25, 0.3) is 0 Å². The third-order valence-corrected chi connectivity index (χ3v) is 2.91. The summed E-state index contributed by atoms with van der Waals surface area (Å²) in [6.07, 6.45) is 10.6. The predicted molar refractivity (Wildman–Crippen MR) is 51.6 cm³/mol. The molecule has 0 bridgehead atoms. The van der Waals surface area contributed by atoms with Gasteiger partial charge in [-0.2, -0.15) is 0 Å². The van der Waals surface area contributed by atoms with E-state index in [-0.39, 0.29) is 11.7 Å². The maximum Gasteiger partial charge on any atom is 0.101 e. The van der Waals surface area contributed by atoms with Crippen molar-refractivity contribution in [1.29, 1.82) is 0 Å². The van der Waals surface area contributed by atoms with E-state index >= 15 is 0 Å². The number of ether oxygens (including phenoxy) is 2. The van der Waals surface area contributed by atoms with Crippen LogP contribution in [0.5, 0.6) is 0 Å². The Morgan fingerprint density at radius 1 is 1.08 bits per heavy atom. The van der Waals surface area contributed by atoms with Crippen LogP contribution >= 0.6 is 0 Å². The second kappa shape index (κ2) is 3.64. The molecule has 2 nitrogen and oxygen atoms in total. The number of rotatable bonds is 0. The van der Waals surface area contributed by atoms with E-state index in [0.717, 1.165) is 26.1 Å². The lowest BCUT2D eigenvalue weighted by molar-refractivity contribution is -0.126. The summed E-state index contributed by atoms with van der Waals surface area (Å²) in [4.78, 5) is 0. The molecule has 0 N–H and O–H groups in total. The van der Waals surface area contributed by atoms with Crippen LogP contribution in [0.2, 0.25) is 0 Å². The molecular formula is C11H16O2. The molecule has 0 amide bonds. The highest BCUT2D eigenvalue weighted by atomic mass is 16.5. The summed E-state index contributed by atoms with van der Waals surface area (Å²) in [5.74, 6) is 0. The number of hydrogen-bond acceptors (Lipinski definition) is 2.